The maximum absolute atomic E-state index is 12.4. The molecule has 6 nitrogen and oxygen atoms in total. The topological polar surface area (TPSA) is 86.5 Å². The van der Waals surface area contributed by atoms with Crippen molar-refractivity contribution in [1.82, 2.24) is 4.98 Å². The number of benzene rings is 1. The van der Waals surface area contributed by atoms with Crippen LogP contribution in [0.2, 0.25) is 0 Å². The van der Waals surface area contributed by atoms with Gasteiger partial charge >= 0.3 is 0 Å². The Morgan fingerprint density at radius 1 is 1.08 bits per heavy atom. The van der Waals surface area contributed by atoms with E-state index in [1.165, 1.54) is 6.20 Å². The van der Waals surface area contributed by atoms with Crippen molar-refractivity contribution in [2.24, 2.45) is 0 Å². The standard InChI is InChI=1S/C18H23N3O3/c1-3-9-23-15-7-5-13(11-16(15)24-10-4-2)18(22)21-14-6-8-17(19)20-12-14/h5-8,11-12H,3-4,9-10H2,1-2H3,(H2,19,20)(H,21,22). The minimum atomic E-state index is -0.245. The molecule has 1 aromatic heterocycles. The zero-order valence-corrected chi connectivity index (χ0v) is 14.0. The van der Waals surface area contributed by atoms with E-state index in [9.17, 15) is 4.79 Å². The summed E-state index contributed by atoms with van der Waals surface area (Å²) in [4.78, 5) is 16.3. The molecule has 2 rings (SSSR count). The van der Waals surface area contributed by atoms with E-state index < -0.39 is 0 Å². The van der Waals surface area contributed by atoms with Crippen molar-refractivity contribution in [2.45, 2.75) is 26.7 Å². The third-order valence-electron chi connectivity index (χ3n) is 3.17. The van der Waals surface area contributed by atoms with Crippen LogP contribution < -0.4 is 20.5 Å². The van der Waals surface area contributed by atoms with Crippen molar-refractivity contribution in [3.8, 4) is 11.5 Å². The van der Waals surface area contributed by atoms with E-state index in [2.05, 4.69) is 10.3 Å². The molecule has 0 bridgehead atoms. The SMILES string of the molecule is CCCOc1ccc(C(=O)Nc2ccc(N)nc2)cc1OCCC. The number of nitrogens with one attached hydrogen (secondary N) is 1. The maximum atomic E-state index is 12.4. The van der Waals surface area contributed by atoms with Crippen molar-refractivity contribution in [3.05, 3.63) is 42.1 Å². The van der Waals surface area contributed by atoms with Crippen LogP contribution in [0.1, 0.15) is 37.0 Å². The summed E-state index contributed by atoms with van der Waals surface area (Å²) < 4.78 is 11.4. The second kappa shape index (κ2) is 8.76. The first-order valence-electron chi connectivity index (χ1n) is 8.06. The lowest BCUT2D eigenvalue weighted by Crippen LogP contribution is -2.13. The number of nitrogen functional groups attached to an aromatic ring is 1. The highest BCUT2D eigenvalue weighted by Crippen LogP contribution is 2.29. The molecule has 24 heavy (non-hydrogen) atoms. The van der Waals surface area contributed by atoms with Gasteiger partial charge in [-0.3, -0.25) is 4.79 Å². The molecule has 0 aliphatic rings. The fraction of sp³-hybridized carbons (Fsp3) is 0.333. The highest BCUT2D eigenvalue weighted by Gasteiger charge is 2.12. The summed E-state index contributed by atoms with van der Waals surface area (Å²) in [5, 5.41) is 2.78. The minimum absolute atomic E-state index is 0.245. The monoisotopic (exact) mass is 329 g/mol. The number of carbonyl (C=O) groups excluding carboxylic acids is 1. The van der Waals surface area contributed by atoms with Gasteiger partial charge in [0.25, 0.3) is 5.91 Å². The Kier molecular flexibility index (Phi) is 6.42. The first kappa shape index (κ1) is 17.6. The van der Waals surface area contributed by atoms with Gasteiger partial charge in [0.15, 0.2) is 11.5 Å². The normalized spacial score (nSPS) is 10.2. The van der Waals surface area contributed by atoms with Crippen molar-refractivity contribution in [1.29, 1.82) is 0 Å². The molecule has 0 unspecified atom stereocenters. The average Bonchev–Trinajstić information content (AvgIpc) is 2.60. The summed E-state index contributed by atoms with van der Waals surface area (Å²) in [5.41, 5.74) is 6.61. The molecule has 0 saturated carbocycles. The third-order valence-corrected chi connectivity index (χ3v) is 3.17. The number of nitrogens with two attached hydrogens (primary N) is 1. The molecule has 1 amide bonds. The molecule has 3 N–H and O–H groups in total. The van der Waals surface area contributed by atoms with Gasteiger partial charge in [-0.25, -0.2) is 4.98 Å². The lowest BCUT2D eigenvalue weighted by atomic mass is 10.2. The van der Waals surface area contributed by atoms with E-state index in [4.69, 9.17) is 15.2 Å². The van der Waals surface area contributed by atoms with Crippen LogP contribution in [0.25, 0.3) is 0 Å². The van der Waals surface area contributed by atoms with Crippen LogP contribution in [0.5, 0.6) is 11.5 Å². The number of hydrogen-bond acceptors (Lipinski definition) is 5. The number of ether oxygens (including phenoxy) is 2. The summed E-state index contributed by atoms with van der Waals surface area (Å²) in [6.45, 7) is 5.23. The number of pyridine rings is 1. The number of amides is 1. The summed E-state index contributed by atoms with van der Waals surface area (Å²) in [6.07, 6.45) is 3.29. The Morgan fingerprint density at radius 2 is 1.79 bits per heavy atom. The third kappa shape index (κ3) is 4.87. The number of nitrogens with zero attached hydrogens (tertiary/aromatic N) is 1. The fourth-order valence-corrected chi connectivity index (χ4v) is 1.99. The van der Waals surface area contributed by atoms with E-state index in [1.54, 1.807) is 30.3 Å². The van der Waals surface area contributed by atoms with Crippen LogP contribution in [0.4, 0.5) is 11.5 Å². The van der Waals surface area contributed by atoms with Gasteiger partial charge in [0, 0.05) is 5.56 Å². The zero-order chi connectivity index (χ0) is 17.4. The molecular weight excluding hydrogens is 306 g/mol. The molecule has 0 aliphatic heterocycles. The van der Waals surface area contributed by atoms with Crippen LogP contribution >= 0.6 is 0 Å². The van der Waals surface area contributed by atoms with Gasteiger partial charge in [-0.05, 0) is 43.2 Å². The predicted molar refractivity (Wildman–Crippen MR) is 94.6 cm³/mol. The summed E-state index contributed by atoms with van der Waals surface area (Å²) in [5.74, 6) is 1.38. The van der Waals surface area contributed by atoms with E-state index in [0.29, 0.717) is 41.8 Å². The predicted octanol–water partition coefficient (Wildman–Crippen LogP) is 3.49. The van der Waals surface area contributed by atoms with E-state index in [-0.39, 0.29) is 5.91 Å². The van der Waals surface area contributed by atoms with Crippen molar-refractivity contribution in [2.75, 3.05) is 24.3 Å². The molecule has 0 spiro atoms. The lowest BCUT2D eigenvalue weighted by molar-refractivity contribution is 0.102. The van der Waals surface area contributed by atoms with Gasteiger partial charge in [-0.1, -0.05) is 13.8 Å². The maximum Gasteiger partial charge on any atom is 0.255 e. The molecule has 1 heterocycles. The first-order valence-corrected chi connectivity index (χ1v) is 8.06. The summed E-state index contributed by atoms with van der Waals surface area (Å²) in [7, 11) is 0. The fourth-order valence-electron chi connectivity index (χ4n) is 1.99. The quantitative estimate of drug-likeness (QED) is 0.774. The smallest absolute Gasteiger partial charge is 0.255 e. The molecule has 0 aliphatic carbocycles. The highest BCUT2D eigenvalue weighted by atomic mass is 16.5. The van der Waals surface area contributed by atoms with Crippen molar-refractivity contribution < 1.29 is 14.3 Å². The number of hydrogen-bond donors (Lipinski definition) is 2. The van der Waals surface area contributed by atoms with Crippen LogP contribution in [0.3, 0.4) is 0 Å². The Morgan fingerprint density at radius 3 is 2.42 bits per heavy atom. The number of anilines is 2. The summed E-state index contributed by atoms with van der Waals surface area (Å²) >= 11 is 0. The van der Waals surface area contributed by atoms with E-state index in [1.807, 2.05) is 13.8 Å². The zero-order valence-electron chi connectivity index (χ0n) is 14.0. The molecule has 0 fully saturated rings. The molecular formula is C18H23N3O3. The molecule has 0 atom stereocenters. The van der Waals surface area contributed by atoms with Crippen LogP contribution in [-0.4, -0.2) is 24.1 Å². The molecule has 1 aromatic carbocycles. The van der Waals surface area contributed by atoms with Crippen LogP contribution in [0.15, 0.2) is 36.5 Å². The molecule has 128 valence electrons. The van der Waals surface area contributed by atoms with E-state index >= 15 is 0 Å². The van der Waals surface area contributed by atoms with Gasteiger partial charge in [0.2, 0.25) is 0 Å². The highest BCUT2D eigenvalue weighted by molar-refractivity contribution is 6.04. The molecule has 0 radical (unpaired) electrons. The average molecular weight is 329 g/mol. The van der Waals surface area contributed by atoms with Crippen molar-refractivity contribution >= 4 is 17.4 Å². The minimum Gasteiger partial charge on any atom is -0.490 e. The number of rotatable bonds is 8. The second-order valence-corrected chi connectivity index (χ2v) is 5.28. The molecule has 2 aromatic rings. The second-order valence-electron chi connectivity index (χ2n) is 5.28. The number of carbonyl (C=O) groups is 1. The van der Waals surface area contributed by atoms with Gasteiger partial charge < -0.3 is 20.5 Å². The Balaban J connectivity index is 2.15. The lowest BCUT2D eigenvalue weighted by Gasteiger charge is -2.13. The molecule has 6 heteroatoms. The Bertz CT molecular complexity index is 672. The van der Waals surface area contributed by atoms with E-state index in [0.717, 1.165) is 12.8 Å². The van der Waals surface area contributed by atoms with Gasteiger partial charge in [0.1, 0.15) is 5.82 Å². The van der Waals surface area contributed by atoms with Gasteiger partial charge in [-0.15, -0.1) is 0 Å². The van der Waals surface area contributed by atoms with Crippen LogP contribution in [-0.2, 0) is 0 Å². The molecule has 0 saturated heterocycles. The summed E-state index contributed by atoms with van der Waals surface area (Å²) in [6, 6.07) is 8.50. The van der Waals surface area contributed by atoms with Crippen LogP contribution in [0, 0.1) is 0 Å². The first-order chi connectivity index (χ1) is 11.6. The Hall–Kier alpha value is -2.76. The van der Waals surface area contributed by atoms with Crippen molar-refractivity contribution in [3.63, 3.8) is 0 Å². The Labute approximate surface area is 142 Å². The number of aromatic nitrogens is 1. The van der Waals surface area contributed by atoms with Gasteiger partial charge in [0.05, 0.1) is 25.1 Å². The largest absolute Gasteiger partial charge is 0.490 e. The van der Waals surface area contributed by atoms with Gasteiger partial charge in [-0.2, -0.15) is 0 Å².